The number of methoxy groups -OCH3 is 2. The molecule has 4 aromatic heterocycles. The maximum atomic E-state index is 14.3. The van der Waals surface area contributed by atoms with Gasteiger partial charge in [-0.2, -0.15) is 0 Å². The van der Waals surface area contributed by atoms with Gasteiger partial charge in [-0.3, -0.25) is 14.6 Å². The molecule has 0 spiro atoms. The van der Waals surface area contributed by atoms with E-state index in [0.29, 0.717) is 60.1 Å². The molecule has 0 radical (unpaired) electrons. The lowest BCUT2D eigenvalue weighted by Gasteiger charge is -2.32. The molecule has 6 aromatic rings. The fraction of sp³-hybridized carbons (Fsp3) is 0.340. The summed E-state index contributed by atoms with van der Waals surface area (Å²) in [6, 6.07) is 15.5. The summed E-state index contributed by atoms with van der Waals surface area (Å²) in [5.74, 6) is 1.30. The minimum atomic E-state index is -0.706. The molecule has 308 valence electrons. The molecule has 4 N–H and O–H groups in total. The number of H-pyrrole nitrogens is 2. The van der Waals surface area contributed by atoms with Gasteiger partial charge in [-0.15, -0.1) is 0 Å². The van der Waals surface area contributed by atoms with E-state index < -0.39 is 12.1 Å². The molecular formula is C47H46F2N6O5. The van der Waals surface area contributed by atoms with Crippen LogP contribution in [-0.2, 0) is 4.79 Å². The zero-order chi connectivity index (χ0) is 41.2. The molecule has 0 amide bonds. The number of aromatic nitrogens is 4. The van der Waals surface area contributed by atoms with Crippen molar-refractivity contribution in [2.45, 2.75) is 24.9 Å². The van der Waals surface area contributed by atoms with Crippen molar-refractivity contribution in [3.8, 4) is 33.8 Å². The van der Waals surface area contributed by atoms with Crippen LogP contribution in [0.3, 0.4) is 0 Å². The van der Waals surface area contributed by atoms with Crippen molar-refractivity contribution in [1.82, 2.24) is 29.7 Å². The van der Waals surface area contributed by atoms with Gasteiger partial charge >= 0.3 is 0 Å². The zero-order valence-corrected chi connectivity index (χ0v) is 33.4. The first-order chi connectivity index (χ1) is 29.2. The number of rotatable bonds is 12. The topological polar surface area (TPSA) is 140 Å². The maximum absolute atomic E-state index is 14.3. The summed E-state index contributed by atoms with van der Waals surface area (Å²) < 4.78 is 39.7. The standard InChI is InChI=1S/C47H46F2N6O5/c1-59-43-5-3-31(48)15-35(43)33-7-9-50-46-37(33)17-39(52-46)25-11-27-19-54(20-28(27)12-25)41(23-56)45(58)42(24-57)55-21-29-13-26(14-30(29)22-55)40-18-38-34(8-10-51-47(38)53-40)36-16-32(49)4-6-44(36)60-2/h3-11,13,15-18,27-30,41-42,56-57H,12,14,19-24H2,1-2H3,(H,50,52)(H,51,53). The average Bonchev–Trinajstić information content (AvgIpc) is 4.10. The lowest BCUT2D eigenvalue weighted by molar-refractivity contribution is -0.132. The second kappa shape index (κ2) is 15.4. The molecule has 0 saturated carbocycles. The van der Waals surface area contributed by atoms with E-state index in [1.165, 1.54) is 35.4 Å². The number of aromatic amines is 2. The van der Waals surface area contributed by atoms with Crippen LogP contribution >= 0.6 is 0 Å². The number of pyridine rings is 2. The maximum Gasteiger partial charge on any atom is 0.171 e. The van der Waals surface area contributed by atoms with Gasteiger partial charge in [-0.25, -0.2) is 18.7 Å². The summed E-state index contributed by atoms with van der Waals surface area (Å²) in [6.07, 6.45) is 9.57. The highest BCUT2D eigenvalue weighted by Gasteiger charge is 2.46. The monoisotopic (exact) mass is 812 g/mol. The van der Waals surface area contributed by atoms with Crippen LogP contribution in [0.15, 0.2) is 85.2 Å². The Hall–Kier alpha value is -5.73. The molecule has 6 atom stereocenters. The number of nitrogens with one attached hydrogen (secondary N) is 2. The number of Topliss-reactive ketones (excluding diaryl/α,β-unsaturated/α-hetero) is 1. The van der Waals surface area contributed by atoms with Gasteiger partial charge in [0.2, 0.25) is 0 Å². The number of allylic oxidation sites excluding steroid dienone is 2. The van der Waals surface area contributed by atoms with Gasteiger partial charge in [0.15, 0.2) is 5.78 Å². The van der Waals surface area contributed by atoms with Gasteiger partial charge in [0, 0.05) is 71.9 Å². The number of carbonyl (C=O) groups is 1. The number of benzene rings is 2. The highest BCUT2D eigenvalue weighted by atomic mass is 19.1. The van der Waals surface area contributed by atoms with Gasteiger partial charge in [0.1, 0.15) is 34.4 Å². The number of aliphatic hydroxyl groups is 2. The Balaban J connectivity index is 0.815. The van der Waals surface area contributed by atoms with Crippen LogP contribution in [-0.4, -0.2) is 111 Å². The molecule has 11 nitrogen and oxygen atoms in total. The van der Waals surface area contributed by atoms with E-state index in [4.69, 9.17) is 9.47 Å². The Bertz CT molecular complexity index is 2530. The number of halogens is 2. The molecule has 2 saturated heterocycles. The van der Waals surface area contributed by atoms with E-state index in [2.05, 4.69) is 54.0 Å². The molecule has 0 bridgehead atoms. The van der Waals surface area contributed by atoms with Crippen LogP contribution in [0.4, 0.5) is 8.78 Å². The SMILES string of the molecule is COc1ccc(F)cc1-c1ccnc2[nH]c(C3=CC4CN(C(CO)C(=O)C(CO)N5CC6C=C(c7cc8c(-c9cc(F)ccc9OC)ccnc8[nH]7)CC6C5)CC4C3)cc12. The number of hydrogen-bond donors (Lipinski definition) is 4. The Kier molecular flexibility index (Phi) is 9.86. The zero-order valence-electron chi connectivity index (χ0n) is 33.4. The van der Waals surface area contributed by atoms with Crippen LogP contribution in [0.25, 0.3) is 55.5 Å². The van der Waals surface area contributed by atoms with Crippen LogP contribution in [0.5, 0.6) is 11.5 Å². The molecule has 2 aromatic carbocycles. The third-order valence-corrected chi connectivity index (χ3v) is 13.4. The van der Waals surface area contributed by atoms with Crippen molar-refractivity contribution in [3.63, 3.8) is 0 Å². The summed E-state index contributed by atoms with van der Waals surface area (Å²) in [7, 11) is 3.15. The fourth-order valence-electron chi connectivity index (χ4n) is 10.4. The lowest BCUT2D eigenvalue weighted by Crippen LogP contribution is -2.53. The lowest BCUT2D eigenvalue weighted by atomic mass is 9.99. The van der Waals surface area contributed by atoms with Gasteiger partial charge < -0.3 is 29.7 Å². The van der Waals surface area contributed by atoms with Gasteiger partial charge in [0.05, 0.1) is 39.5 Å². The first kappa shape index (κ1) is 38.5. The van der Waals surface area contributed by atoms with E-state index in [1.54, 1.807) is 38.7 Å². The minimum Gasteiger partial charge on any atom is -0.496 e. The summed E-state index contributed by atoms with van der Waals surface area (Å²) in [5, 5.41) is 23.0. The third-order valence-electron chi connectivity index (χ3n) is 13.4. The number of ether oxygens (including phenoxy) is 2. The Morgan fingerprint density at radius 2 is 1.13 bits per heavy atom. The van der Waals surface area contributed by atoms with Crippen molar-refractivity contribution in [2.75, 3.05) is 53.6 Å². The van der Waals surface area contributed by atoms with Crippen molar-refractivity contribution in [2.24, 2.45) is 23.7 Å². The number of aliphatic hydroxyl groups excluding tert-OH is 2. The quantitative estimate of drug-likeness (QED) is 0.106. The minimum absolute atomic E-state index is 0.141. The van der Waals surface area contributed by atoms with Crippen LogP contribution < -0.4 is 9.47 Å². The number of carbonyl (C=O) groups excluding carboxylic acids is 1. The molecule has 13 heteroatoms. The first-order valence-electron chi connectivity index (χ1n) is 20.5. The summed E-state index contributed by atoms with van der Waals surface area (Å²) in [4.78, 5) is 34.5. The number of likely N-dealkylation sites (tertiary alicyclic amines) is 2. The number of ketones is 1. The number of fused-ring (bicyclic) bond motifs is 4. The normalized spacial score (nSPS) is 22.6. The van der Waals surface area contributed by atoms with Crippen molar-refractivity contribution >= 4 is 39.0 Å². The average molecular weight is 813 g/mol. The highest BCUT2D eigenvalue weighted by Crippen LogP contribution is 2.45. The molecule has 2 fully saturated rings. The van der Waals surface area contributed by atoms with Gasteiger partial charge in [0.25, 0.3) is 0 Å². The molecule has 2 aliphatic carbocycles. The van der Waals surface area contributed by atoms with Crippen LogP contribution in [0.1, 0.15) is 24.2 Å². The van der Waals surface area contributed by atoms with Crippen molar-refractivity contribution in [3.05, 3.63) is 108 Å². The molecule has 4 aliphatic rings. The predicted molar refractivity (Wildman–Crippen MR) is 225 cm³/mol. The van der Waals surface area contributed by atoms with Gasteiger partial charge in [-0.05, 0) is 119 Å². The van der Waals surface area contributed by atoms with E-state index in [9.17, 15) is 23.8 Å². The molecular weight excluding hydrogens is 767 g/mol. The summed E-state index contributed by atoms with van der Waals surface area (Å²) >= 11 is 0. The summed E-state index contributed by atoms with van der Waals surface area (Å²) in [6.45, 7) is 1.97. The smallest absolute Gasteiger partial charge is 0.171 e. The molecule has 10 rings (SSSR count). The molecule has 6 heterocycles. The second-order valence-electron chi connectivity index (χ2n) is 16.6. The first-order valence-corrected chi connectivity index (χ1v) is 20.5. The third kappa shape index (κ3) is 6.60. The largest absolute Gasteiger partial charge is 0.496 e. The molecule has 60 heavy (non-hydrogen) atoms. The fourth-order valence-corrected chi connectivity index (χ4v) is 10.4. The second-order valence-corrected chi connectivity index (χ2v) is 16.6. The van der Waals surface area contributed by atoms with E-state index in [1.807, 2.05) is 12.1 Å². The van der Waals surface area contributed by atoms with Crippen LogP contribution in [0, 0.1) is 35.3 Å². The van der Waals surface area contributed by atoms with E-state index >= 15 is 0 Å². The Labute approximate surface area is 345 Å². The van der Waals surface area contributed by atoms with E-state index in [-0.39, 0.29) is 54.3 Å². The van der Waals surface area contributed by atoms with Crippen molar-refractivity contribution in [1.29, 1.82) is 0 Å². The summed E-state index contributed by atoms with van der Waals surface area (Å²) in [5.41, 5.74) is 8.66. The number of hydrogen-bond acceptors (Lipinski definition) is 9. The number of nitrogens with zero attached hydrogens (tertiary/aromatic N) is 4. The predicted octanol–water partition coefficient (Wildman–Crippen LogP) is 6.73. The molecule has 6 unspecified atom stereocenters. The Morgan fingerprint density at radius 3 is 1.53 bits per heavy atom. The Morgan fingerprint density at radius 1 is 0.683 bits per heavy atom. The van der Waals surface area contributed by atoms with E-state index in [0.717, 1.165) is 46.1 Å². The van der Waals surface area contributed by atoms with Crippen LogP contribution in [0.2, 0.25) is 0 Å². The van der Waals surface area contributed by atoms with Crippen molar-refractivity contribution < 1.29 is 33.3 Å². The molecule has 2 aliphatic heterocycles. The van der Waals surface area contributed by atoms with Gasteiger partial charge in [-0.1, -0.05) is 12.2 Å². The highest BCUT2D eigenvalue weighted by molar-refractivity contribution is 5.98.